The molecule has 0 bridgehead atoms. The molecule has 0 aliphatic carbocycles. The van der Waals surface area contributed by atoms with E-state index in [1.54, 1.807) is 0 Å². The van der Waals surface area contributed by atoms with E-state index in [1.807, 2.05) is 31.0 Å². The lowest BCUT2D eigenvalue weighted by Crippen LogP contribution is -2.19. The van der Waals surface area contributed by atoms with Crippen LogP contribution in [0.1, 0.15) is 25.3 Å². The van der Waals surface area contributed by atoms with Crippen molar-refractivity contribution in [2.75, 3.05) is 13.6 Å². The molecule has 16 heavy (non-hydrogen) atoms. The number of aromatic nitrogens is 2. The molecule has 0 saturated heterocycles. The Bertz CT molecular complexity index is 336. The Hall–Kier alpha value is -1.36. The lowest BCUT2D eigenvalue weighted by Gasteiger charge is -2.14. The summed E-state index contributed by atoms with van der Waals surface area (Å²) in [5.74, 6) is -0.729. The normalized spacial score (nSPS) is 10.9. The van der Waals surface area contributed by atoms with Gasteiger partial charge >= 0.3 is 5.97 Å². The van der Waals surface area contributed by atoms with Crippen molar-refractivity contribution in [3.8, 4) is 0 Å². The van der Waals surface area contributed by atoms with Crippen molar-refractivity contribution in [2.24, 2.45) is 0 Å². The number of aliphatic carboxylic acids is 1. The minimum Gasteiger partial charge on any atom is -0.481 e. The van der Waals surface area contributed by atoms with Gasteiger partial charge in [0.05, 0.1) is 6.20 Å². The largest absolute Gasteiger partial charge is 0.481 e. The Balaban J connectivity index is 2.28. The molecule has 0 aliphatic rings. The maximum atomic E-state index is 10.3. The van der Waals surface area contributed by atoms with Gasteiger partial charge in [-0.3, -0.25) is 9.48 Å². The topological polar surface area (TPSA) is 58.4 Å². The molecular weight excluding hydrogens is 206 g/mol. The van der Waals surface area contributed by atoms with Crippen molar-refractivity contribution >= 4 is 5.97 Å². The second kappa shape index (κ2) is 6.27. The Morgan fingerprint density at radius 2 is 2.38 bits per heavy atom. The standard InChI is InChI=1S/C11H19N3O2/c1-3-14-9-10(7-12-14)8-13(2)6-4-5-11(15)16/h7,9H,3-6,8H2,1-2H3,(H,15,16). The lowest BCUT2D eigenvalue weighted by molar-refractivity contribution is -0.137. The first-order valence-corrected chi connectivity index (χ1v) is 5.53. The predicted molar refractivity (Wildman–Crippen MR) is 61.1 cm³/mol. The maximum absolute atomic E-state index is 10.3. The summed E-state index contributed by atoms with van der Waals surface area (Å²) in [6, 6.07) is 0. The van der Waals surface area contributed by atoms with E-state index in [0.717, 1.165) is 19.6 Å². The number of nitrogens with zero attached hydrogens (tertiary/aromatic N) is 3. The summed E-state index contributed by atoms with van der Waals surface area (Å²) < 4.78 is 1.89. The lowest BCUT2D eigenvalue weighted by atomic mass is 10.3. The van der Waals surface area contributed by atoms with Gasteiger partial charge in [-0.25, -0.2) is 0 Å². The van der Waals surface area contributed by atoms with Crippen LogP contribution in [0, 0.1) is 0 Å². The molecule has 90 valence electrons. The molecule has 1 aromatic rings. The van der Waals surface area contributed by atoms with Gasteiger partial charge in [0.1, 0.15) is 0 Å². The van der Waals surface area contributed by atoms with Crippen molar-refractivity contribution in [2.45, 2.75) is 32.9 Å². The van der Waals surface area contributed by atoms with Gasteiger partial charge < -0.3 is 10.0 Å². The van der Waals surface area contributed by atoms with E-state index < -0.39 is 5.97 Å². The number of carboxylic acids is 1. The zero-order valence-electron chi connectivity index (χ0n) is 9.89. The number of hydrogen-bond donors (Lipinski definition) is 1. The SMILES string of the molecule is CCn1cc(CN(C)CCCC(=O)O)cn1. The highest BCUT2D eigenvalue weighted by Gasteiger charge is 2.04. The van der Waals surface area contributed by atoms with Crippen LogP contribution in [0.15, 0.2) is 12.4 Å². The molecule has 1 N–H and O–H groups in total. The first-order valence-electron chi connectivity index (χ1n) is 5.53. The number of rotatable bonds is 7. The zero-order chi connectivity index (χ0) is 12.0. The van der Waals surface area contributed by atoms with Crippen LogP contribution in [-0.2, 0) is 17.9 Å². The molecule has 0 spiro atoms. The fourth-order valence-corrected chi connectivity index (χ4v) is 1.55. The summed E-state index contributed by atoms with van der Waals surface area (Å²) in [4.78, 5) is 12.5. The third-order valence-electron chi connectivity index (χ3n) is 2.39. The van der Waals surface area contributed by atoms with E-state index in [-0.39, 0.29) is 6.42 Å². The molecule has 0 amide bonds. The summed E-state index contributed by atoms with van der Waals surface area (Å²) in [6.45, 7) is 4.54. The third-order valence-corrected chi connectivity index (χ3v) is 2.39. The monoisotopic (exact) mass is 225 g/mol. The third kappa shape index (κ3) is 4.44. The molecule has 0 saturated carbocycles. The average Bonchev–Trinajstić information content (AvgIpc) is 2.65. The highest BCUT2D eigenvalue weighted by Crippen LogP contribution is 2.03. The Labute approximate surface area is 95.7 Å². The van der Waals surface area contributed by atoms with Gasteiger partial charge in [0.25, 0.3) is 0 Å². The van der Waals surface area contributed by atoms with Crippen LogP contribution in [-0.4, -0.2) is 39.3 Å². The van der Waals surface area contributed by atoms with Crippen molar-refractivity contribution in [1.82, 2.24) is 14.7 Å². The Kier molecular flexibility index (Phi) is 4.98. The summed E-state index contributed by atoms with van der Waals surface area (Å²) in [5.41, 5.74) is 1.17. The molecule has 0 radical (unpaired) electrons. The van der Waals surface area contributed by atoms with Crippen molar-refractivity contribution in [3.05, 3.63) is 18.0 Å². The van der Waals surface area contributed by atoms with Gasteiger partial charge in [-0.1, -0.05) is 0 Å². The van der Waals surface area contributed by atoms with E-state index >= 15 is 0 Å². The predicted octanol–water partition coefficient (Wildman–Crippen LogP) is 1.20. The molecule has 1 rings (SSSR count). The van der Waals surface area contributed by atoms with Gasteiger partial charge in [0, 0.05) is 31.3 Å². The fraction of sp³-hybridized carbons (Fsp3) is 0.636. The Morgan fingerprint density at radius 1 is 1.62 bits per heavy atom. The first-order chi connectivity index (χ1) is 7.61. The highest BCUT2D eigenvalue weighted by atomic mass is 16.4. The van der Waals surface area contributed by atoms with Crippen LogP contribution in [0.3, 0.4) is 0 Å². The number of carbonyl (C=O) groups is 1. The molecule has 0 atom stereocenters. The van der Waals surface area contributed by atoms with E-state index in [1.165, 1.54) is 5.56 Å². The summed E-state index contributed by atoms with van der Waals surface area (Å²) in [5, 5.41) is 12.7. The van der Waals surface area contributed by atoms with Gasteiger partial charge in [-0.2, -0.15) is 5.10 Å². The minimum absolute atomic E-state index is 0.235. The minimum atomic E-state index is -0.729. The van der Waals surface area contributed by atoms with Crippen molar-refractivity contribution < 1.29 is 9.90 Å². The zero-order valence-corrected chi connectivity index (χ0v) is 9.89. The molecule has 1 aromatic heterocycles. The quantitative estimate of drug-likeness (QED) is 0.757. The molecular formula is C11H19N3O2. The molecule has 5 nitrogen and oxygen atoms in total. The van der Waals surface area contributed by atoms with Gasteiger partial charge in [0.15, 0.2) is 0 Å². The van der Waals surface area contributed by atoms with Gasteiger partial charge in [0.2, 0.25) is 0 Å². The molecule has 5 heteroatoms. The van der Waals surface area contributed by atoms with Crippen molar-refractivity contribution in [3.63, 3.8) is 0 Å². The number of hydrogen-bond acceptors (Lipinski definition) is 3. The Morgan fingerprint density at radius 3 is 2.94 bits per heavy atom. The molecule has 0 fully saturated rings. The smallest absolute Gasteiger partial charge is 0.303 e. The second-order valence-electron chi connectivity index (χ2n) is 3.94. The van der Waals surface area contributed by atoms with E-state index in [2.05, 4.69) is 10.00 Å². The first kappa shape index (κ1) is 12.7. The van der Waals surface area contributed by atoms with E-state index in [0.29, 0.717) is 6.42 Å². The average molecular weight is 225 g/mol. The van der Waals surface area contributed by atoms with Crippen LogP contribution in [0.25, 0.3) is 0 Å². The highest BCUT2D eigenvalue weighted by molar-refractivity contribution is 5.66. The van der Waals surface area contributed by atoms with Gasteiger partial charge in [-0.15, -0.1) is 0 Å². The summed E-state index contributed by atoms with van der Waals surface area (Å²) in [6.07, 6.45) is 4.80. The molecule has 0 unspecified atom stereocenters. The van der Waals surface area contributed by atoms with Crippen LogP contribution in [0.4, 0.5) is 0 Å². The molecule has 1 heterocycles. The van der Waals surface area contributed by atoms with E-state index in [4.69, 9.17) is 5.11 Å². The number of aryl methyl sites for hydroxylation is 1. The molecule has 0 aliphatic heterocycles. The molecule has 0 aromatic carbocycles. The van der Waals surface area contributed by atoms with Gasteiger partial charge in [-0.05, 0) is 26.9 Å². The van der Waals surface area contributed by atoms with Crippen molar-refractivity contribution in [1.29, 1.82) is 0 Å². The number of carboxylic acid groups (broad SMARTS) is 1. The summed E-state index contributed by atoms with van der Waals surface area (Å²) in [7, 11) is 1.99. The summed E-state index contributed by atoms with van der Waals surface area (Å²) >= 11 is 0. The fourth-order valence-electron chi connectivity index (χ4n) is 1.55. The second-order valence-corrected chi connectivity index (χ2v) is 3.94. The van der Waals surface area contributed by atoms with Crippen LogP contribution in [0.2, 0.25) is 0 Å². The van der Waals surface area contributed by atoms with Crippen LogP contribution < -0.4 is 0 Å². The van der Waals surface area contributed by atoms with Crippen LogP contribution >= 0.6 is 0 Å². The maximum Gasteiger partial charge on any atom is 0.303 e. The van der Waals surface area contributed by atoms with Crippen LogP contribution in [0.5, 0.6) is 0 Å². The van der Waals surface area contributed by atoms with E-state index in [9.17, 15) is 4.79 Å².